The molecule has 1 aliphatic heterocycles. The number of aryl methyl sites for hydroxylation is 2. The van der Waals surface area contributed by atoms with Crippen molar-refractivity contribution in [3.8, 4) is 11.1 Å². The molecule has 0 aliphatic carbocycles. The van der Waals surface area contributed by atoms with Crippen molar-refractivity contribution in [2.24, 2.45) is 0 Å². The molecule has 1 saturated heterocycles. The molecule has 0 bridgehead atoms. The number of nitrogens with one attached hydrogen (secondary N) is 1. The van der Waals surface area contributed by atoms with Crippen LogP contribution in [0.5, 0.6) is 0 Å². The number of anilines is 1. The Hall–Kier alpha value is -3.39. The molecule has 4 rings (SSSR count). The summed E-state index contributed by atoms with van der Waals surface area (Å²) < 4.78 is 5.96. The molecule has 0 spiro atoms. The third-order valence-corrected chi connectivity index (χ3v) is 4.99. The summed E-state index contributed by atoms with van der Waals surface area (Å²) in [5, 5.41) is 2.57. The SMILES string of the molecule is CNC(=O)c1ccc(-c2ccc(C3CN(c4nc(C)cc(C)n4)CCO3)nc2)cn1. The molecule has 0 aromatic carbocycles. The summed E-state index contributed by atoms with van der Waals surface area (Å²) in [6, 6.07) is 9.50. The first-order valence-electron chi connectivity index (χ1n) is 9.87. The maximum Gasteiger partial charge on any atom is 0.269 e. The van der Waals surface area contributed by atoms with Gasteiger partial charge in [-0.3, -0.25) is 14.8 Å². The molecule has 8 nitrogen and oxygen atoms in total. The normalized spacial score (nSPS) is 16.4. The first-order valence-corrected chi connectivity index (χ1v) is 9.87. The van der Waals surface area contributed by atoms with Crippen molar-refractivity contribution >= 4 is 11.9 Å². The van der Waals surface area contributed by atoms with Crippen molar-refractivity contribution in [2.45, 2.75) is 20.0 Å². The quantitative estimate of drug-likeness (QED) is 0.714. The summed E-state index contributed by atoms with van der Waals surface area (Å²) in [4.78, 5) is 31.7. The number of pyridine rings is 2. The fourth-order valence-electron chi connectivity index (χ4n) is 3.45. The Kier molecular flexibility index (Phi) is 5.67. The number of nitrogens with zero attached hydrogens (tertiary/aromatic N) is 5. The topological polar surface area (TPSA) is 93.1 Å². The monoisotopic (exact) mass is 404 g/mol. The zero-order chi connectivity index (χ0) is 21.1. The van der Waals surface area contributed by atoms with Crippen LogP contribution < -0.4 is 10.2 Å². The number of hydrogen-bond donors (Lipinski definition) is 1. The number of rotatable bonds is 4. The van der Waals surface area contributed by atoms with Gasteiger partial charge in [0.05, 0.1) is 18.8 Å². The Morgan fingerprint density at radius 2 is 1.77 bits per heavy atom. The minimum Gasteiger partial charge on any atom is -0.368 e. The van der Waals surface area contributed by atoms with Gasteiger partial charge in [0.25, 0.3) is 5.91 Å². The molecule has 3 aromatic rings. The standard InChI is InChI=1S/C22H24N6O2/c1-14-10-15(2)27-22(26-14)28-8-9-30-20(13-28)18-6-4-16(11-24-18)17-5-7-19(25-12-17)21(29)23-3/h4-7,10-12,20H,8-9,13H2,1-3H3,(H,23,29). The molecule has 8 heteroatoms. The van der Waals surface area contributed by atoms with Crippen molar-refractivity contribution in [1.82, 2.24) is 25.3 Å². The van der Waals surface area contributed by atoms with Gasteiger partial charge in [-0.2, -0.15) is 0 Å². The van der Waals surface area contributed by atoms with Crippen molar-refractivity contribution in [2.75, 3.05) is 31.6 Å². The molecule has 1 unspecified atom stereocenters. The number of aromatic nitrogens is 4. The van der Waals surface area contributed by atoms with Crippen LogP contribution in [-0.2, 0) is 4.74 Å². The van der Waals surface area contributed by atoms with E-state index in [2.05, 4.69) is 30.2 Å². The Morgan fingerprint density at radius 3 is 2.37 bits per heavy atom. The molecular weight excluding hydrogens is 380 g/mol. The highest BCUT2D eigenvalue weighted by Gasteiger charge is 2.25. The van der Waals surface area contributed by atoms with Crippen molar-refractivity contribution < 1.29 is 9.53 Å². The van der Waals surface area contributed by atoms with Crippen LogP contribution in [0.4, 0.5) is 5.95 Å². The van der Waals surface area contributed by atoms with Crippen LogP contribution >= 0.6 is 0 Å². The molecule has 1 N–H and O–H groups in total. The largest absolute Gasteiger partial charge is 0.368 e. The predicted octanol–water partition coefficient (Wildman–Crippen LogP) is 2.49. The first-order chi connectivity index (χ1) is 14.5. The van der Waals surface area contributed by atoms with E-state index < -0.39 is 0 Å². The number of amides is 1. The zero-order valence-electron chi connectivity index (χ0n) is 17.3. The van der Waals surface area contributed by atoms with E-state index in [0.29, 0.717) is 18.8 Å². The lowest BCUT2D eigenvalue weighted by atomic mass is 10.1. The van der Waals surface area contributed by atoms with Gasteiger partial charge in [0.1, 0.15) is 11.8 Å². The van der Waals surface area contributed by atoms with Crippen LogP contribution in [0.3, 0.4) is 0 Å². The molecule has 1 amide bonds. The van der Waals surface area contributed by atoms with E-state index in [-0.39, 0.29) is 12.0 Å². The van der Waals surface area contributed by atoms with Gasteiger partial charge in [-0.1, -0.05) is 12.1 Å². The fourth-order valence-corrected chi connectivity index (χ4v) is 3.45. The van der Waals surface area contributed by atoms with Gasteiger partial charge < -0.3 is 15.0 Å². The number of hydrogen-bond acceptors (Lipinski definition) is 7. The van der Waals surface area contributed by atoms with E-state index >= 15 is 0 Å². The van der Waals surface area contributed by atoms with Crippen LogP contribution in [0.25, 0.3) is 11.1 Å². The van der Waals surface area contributed by atoms with E-state index in [1.807, 2.05) is 44.3 Å². The molecule has 1 fully saturated rings. The number of morpholine rings is 1. The summed E-state index contributed by atoms with van der Waals surface area (Å²) in [6.45, 7) is 5.95. The first kappa shape index (κ1) is 19.9. The Bertz CT molecular complexity index is 1020. The summed E-state index contributed by atoms with van der Waals surface area (Å²) in [5.41, 5.74) is 4.99. The summed E-state index contributed by atoms with van der Waals surface area (Å²) in [5.74, 6) is 0.529. The van der Waals surface area contributed by atoms with Gasteiger partial charge in [0.2, 0.25) is 5.95 Å². The molecule has 4 heterocycles. The average molecular weight is 404 g/mol. The second-order valence-electron chi connectivity index (χ2n) is 7.24. The van der Waals surface area contributed by atoms with Crippen LogP contribution in [0.15, 0.2) is 42.7 Å². The van der Waals surface area contributed by atoms with E-state index in [0.717, 1.165) is 40.7 Å². The summed E-state index contributed by atoms with van der Waals surface area (Å²) in [7, 11) is 1.58. The van der Waals surface area contributed by atoms with Gasteiger partial charge in [0, 0.05) is 48.5 Å². The lowest BCUT2D eigenvalue weighted by Crippen LogP contribution is -2.39. The number of ether oxygens (including phenoxy) is 1. The highest BCUT2D eigenvalue weighted by Crippen LogP contribution is 2.25. The van der Waals surface area contributed by atoms with E-state index in [9.17, 15) is 4.79 Å². The van der Waals surface area contributed by atoms with Gasteiger partial charge in [-0.25, -0.2) is 9.97 Å². The third kappa shape index (κ3) is 4.28. The predicted molar refractivity (Wildman–Crippen MR) is 113 cm³/mol. The molecule has 0 saturated carbocycles. The van der Waals surface area contributed by atoms with Crippen molar-refractivity contribution in [1.29, 1.82) is 0 Å². The minimum absolute atomic E-state index is 0.147. The van der Waals surface area contributed by atoms with Crippen molar-refractivity contribution in [3.05, 3.63) is 65.5 Å². The van der Waals surface area contributed by atoms with Crippen LogP contribution in [0, 0.1) is 13.8 Å². The van der Waals surface area contributed by atoms with Gasteiger partial charge >= 0.3 is 0 Å². The molecule has 0 radical (unpaired) electrons. The maximum atomic E-state index is 11.6. The lowest BCUT2D eigenvalue weighted by Gasteiger charge is -2.33. The van der Waals surface area contributed by atoms with Crippen LogP contribution in [0.2, 0.25) is 0 Å². The fraction of sp³-hybridized carbons (Fsp3) is 0.318. The van der Waals surface area contributed by atoms with Crippen molar-refractivity contribution in [3.63, 3.8) is 0 Å². The molecule has 3 aromatic heterocycles. The van der Waals surface area contributed by atoms with Crippen LogP contribution in [0.1, 0.15) is 33.7 Å². The number of carbonyl (C=O) groups excluding carboxylic acids is 1. The molecular formula is C22H24N6O2. The molecule has 30 heavy (non-hydrogen) atoms. The summed E-state index contributed by atoms with van der Waals surface area (Å²) >= 11 is 0. The molecule has 1 aliphatic rings. The Balaban J connectivity index is 1.49. The Labute approximate surface area is 175 Å². The maximum absolute atomic E-state index is 11.6. The van der Waals surface area contributed by atoms with Gasteiger partial charge in [-0.05, 0) is 32.0 Å². The lowest BCUT2D eigenvalue weighted by molar-refractivity contribution is 0.0364. The van der Waals surface area contributed by atoms with Gasteiger partial charge in [0.15, 0.2) is 0 Å². The smallest absolute Gasteiger partial charge is 0.269 e. The van der Waals surface area contributed by atoms with Gasteiger partial charge in [-0.15, -0.1) is 0 Å². The molecule has 1 atom stereocenters. The van der Waals surface area contributed by atoms with Crippen LogP contribution in [-0.4, -0.2) is 52.6 Å². The average Bonchev–Trinajstić information content (AvgIpc) is 2.78. The van der Waals surface area contributed by atoms with E-state index in [4.69, 9.17) is 4.74 Å². The zero-order valence-corrected chi connectivity index (χ0v) is 17.3. The third-order valence-electron chi connectivity index (χ3n) is 4.99. The highest BCUT2D eigenvalue weighted by molar-refractivity contribution is 5.92. The Morgan fingerprint density at radius 1 is 1.07 bits per heavy atom. The summed E-state index contributed by atoms with van der Waals surface area (Å²) in [6.07, 6.45) is 3.34. The molecule has 154 valence electrons. The second kappa shape index (κ2) is 8.54. The number of carbonyl (C=O) groups is 1. The van der Waals surface area contributed by atoms with E-state index in [1.54, 1.807) is 19.3 Å². The minimum atomic E-state index is -0.207. The highest BCUT2D eigenvalue weighted by atomic mass is 16.5. The van der Waals surface area contributed by atoms with E-state index in [1.165, 1.54) is 0 Å². The second-order valence-corrected chi connectivity index (χ2v) is 7.24.